The molecule has 0 fully saturated rings. The van der Waals surface area contributed by atoms with Crippen molar-refractivity contribution in [2.45, 2.75) is 52.4 Å². The number of pyridine rings is 1. The van der Waals surface area contributed by atoms with Gasteiger partial charge in [0, 0.05) is 19.7 Å². The van der Waals surface area contributed by atoms with Crippen molar-refractivity contribution in [1.29, 1.82) is 0 Å². The van der Waals surface area contributed by atoms with Gasteiger partial charge in [0.2, 0.25) is 5.91 Å². The largest absolute Gasteiger partial charge is 0.433 e. The number of carbonyl (C=O) groups excluding carboxylic acids is 1. The van der Waals surface area contributed by atoms with Crippen molar-refractivity contribution in [3.8, 4) is 0 Å². The van der Waals surface area contributed by atoms with E-state index in [0.717, 1.165) is 11.6 Å². The van der Waals surface area contributed by atoms with Crippen molar-refractivity contribution in [3.05, 3.63) is 65.1 Å². The van der Waals surface area contributed by atoms with Crippen LogP contribution in [-0.4, -0.2) is 43.7 Å². The number of anilines is 2. The lowest BCUT2D eigenvalue weighted by Gasteiger charge is -2.32. The van der Waals surface area contributed by atoms with Crippen LogP contribution in [0.25, 0.3) is 5.57 Å². The number of alkyl halides is 3. The van der Waals surface area contributed by atoms with Gasteiger partial charge in [-0.1, -0.05) is 12.6 Å². The van der Waals surface area contributed by atoms with Crippen LogP contribution in [-0.2, 0) is 30.4 Å². The second-order valence-electron chi connectivity index (χ2n) is 8.73. The first-order chi connectivity index (χ1) is 16.4. The Kier molecular flexibility index (Phi) is 6.35. The molecule has 0 unspecified atom stereocenters. The number of hydrogen-bond donors (Lipinski definition) is 1. The van der Waals surface area contributed by atoms with E-state index in [1.807, 2.05) is 32.0 Å². The summed E-state index contributed by atoms with van der Waals surface area (Å²) in [7, 11) is 1.83. The highest BCUT2D eigenvalue weighted by Crippen LogP contribution is 2.32. The average Bonchev–Trinajstić information content (AvgIpc) is 3.23. The zero-order valence-corrected chi connectivity index (χ0v) is 19.9. The molecule has 3 aromatic rings. The fourth-order valence-corrected chi connectivity index (χ4v) is 3.91. The van der Waals surface area contributed by atoms with Crippen LogP contribution in [0.4, 0.5) is 24.7 Å². The number of likely N-dealkylation sites (N-methyl/N-ethyl adjacent to an activating group) is 1. The Balaban J connectivity index is 1.48. The standard InChI is InChI=1S/C24H26F3N7O/c1-13(2)20-17(7-8-18(30-20)24(25,26)27)12-34-11-16(10-28-34)6-9-19-29-14(3)21-22(31-19)33(5)15(4)23(35)32-21/h7-8,10-11,15H,1,6,9,12H2,2-5H3,(H,32,35)/t15-/m0/s1. The third-order valence-electron chi connectivity index (χ3n) is 5.99. The molecule has 0 aromatic carbocycles. The van der Waals surface area contributed by atoms with E-state index in [0.29, 0.717) is 47.0 Å². The Morgan fingerprint density at radius 2 is 1.94 bits per heavy atom. The van der Waals surface area contributed by atoms with Crippen LogP contribution in [0.1, 0.15) is 47.9 Å². The van der Waals surface area contributed by atoms with Crippen molar-refractivity contribution in [2.24, 2.45) is 0 Å². The highest BCUT2D eigenvalue weighted by molar-refractivity contribution is 6.02. The van der Waals surface area contributed by atoms with Crippen molar-refractivity contribution in [3.63, 3.8) is 0 Å². The normalized spacial score (nSPS) is 15.7. The number of fused-ring (bicyclic) bond motifs is 1. The van der Waals surface area contributed by atoms with Crippen LogP contribution < -0.4 is 10.2 Å². The van der Waals surface area contributed by atoms with Gasteiger partial charge < -0.3 is 10.2 Å². The van der Waals surface area contributed by atoms with E-state index in [4.69, 9.17) is 0 Å². The molecule has 1 aliphatic rings. The number of carbonyl (C=O) groups is 1. The molecule has 0 bridgehead atoms. The van der Waals surface area contributed by atoms with Gasteiger partial charge in [-0.05, 0) is 50.0 Å². The molecule has 0 saturated carbocycles. The maximum atomic E-state index is 13.1. The number of amides is 1. The fourth-order valence-electron chi connectivity index (χ4n) is 3.91. The average molecular weight is 486 g/mol. The number of rotatable bonds is 6. The highest BCUT2D eigenvalue weighted by atomic mass is 19.4. The van der Waals surface area contributed by atoms with Gasteiger partial charge in [0.25, 0.3) is 0 Å². The molecule has 1 atom stereocenters. The molecular weight excluding hydrogens is 459 g/mol. The monoisotopic (exact) mass is 485 g/mol. The third kappa shape index (κ3) is 5.03. The first-order valence-electron chi connectivity index (χ1n) is 11.1. The van der Waals surface area contributed by atoms with Crippen LogP contribution in [0.5, 0.6) is 0 Å². The number of allylic oxidation sites excluding steroid dienone is 1. The molecule has 3 aromatic heterocycles. The summed E-state index contributed by atoms with van der Waals surface area (Å²) in [5.74, 6) is 1.25. The molecule has 11 heteroatoms. The Morgan fingerprint density at radius 1 is 1.20 bits per heavy atom. The van der Waals surface area contributed by atoms with Crippen LogP contribution in [0, 0.1) is 6.92 Å². The highest BCUT2D eigenvalue weighted by Gasteiger charge is 2.33. The summed E-state index contributed by atoms with van der Waals surface area (Å²) < 4.78 is 40.8. The van der Waals surface area contributed by atoms with Gasteiger partial charge in [-0.15, -0.1) is 0 Å². The van der Waals surface area contributed by atoms with Gasteiger partial charge in [0.05, 0.1) is 24.1 Å². The van der Waals surface area contributed by atoms with E-state index in [2.05, 4.69) is 31.9 Å². The summed E-state index contributed by atoms with van der Waals surface area (Å²) in [4.78, 5) is 26.9. The van der Waals surface area contributed by atoms with Crippen LogP contribution in [0.3, 0.4) is 0 Å². The minimum absolute atomic E-state index is 0.0927. The van der Waals surface area contributed by atoms with Gasteiger partial charge >= 0.3 is 6.18 Å². The third-order valence-corrected chi connectivity index (χ3v) is 5.99. The Morgan fingerprint density at radius 3 is 2.63 bits per heavy atom. The molecule has 0 aliphatic carbocycles. The van der Waals surface area contributed by atoms with Gasteiger partial charge in [-0.2, -0.15) is 18.3 Å². The maximum Gasteiger partial charge on any atom is 0.433 e. The van der Waals surface area contributed by atoms with E-state index >= 15 is 0 Å². The van der Waals surface area contributed by atoms with Gasteiger partial charge in [-0.3, -0.25) is 9.48 Å². The first-order valence-corrected chi connectivity index (χ1v) is 11.1. The topological polar surface area (TPSA) is 88.8 Å². The molecule has 0 saturated heterocycles. The number of aromatic nitrogens is 5. The number of hydrogen-bond acceptors (Lipinski definition) is 6. The Bertz CT molecular complexity index is 1300. The predicted molar refractivity (Wildman–Crippen MR) is 126 cm³/mol. The van der Waals surface area contributed by atoms with E-state index in [9.17, 15) is 18.0 Å². The molecule has 8 nitrogen and oxygen atoms in total. The van der Waals surface area contributed by atoms with Crippen LogP contribution >= 0.6 is 0 Å². The lowest BCUT2D eigenvalue weighted by Crippen LogP contribution is -2.45. The second kappa shape index (κ2) is 9.12. The van der Waals surface area contributed by atoms with Crippen LogP contribution in [0.15, 0.2) is 31.1 Å². The lowest BCUT2D eigenvalue weighted by atomic mass is 10.1. The lowest BCUT2D eigenvalue weighted by molar-refractivity contribution is -0.141. The molecule has 0 radical (unpaired) electrons. The number of aryl methyl sites for hydroxylation is 3. The summed E-state index contributed by atoms with van der Waals surface area (Å²) in [6.45, 7) is 9.32. The predicted octanol–water partition coefficient (Wildman–Crippen LogP) is 4.04. The van der Waals surface area contributed by atoms with Gasteiger partial charge in [0.1, 0.15) is 23.2 Å². The first kappa shape index (κ1) is 24.4. The summed E-state index contributed by atoms with van der Waals surface area (Å²) in [6.07, 6.45) is 0.242. The minimum atomic E-state index is -4.52. The Labute approximate surface area is 200 Å². The fraction of sp³-hybridized carbons (Fsp3) is 0.375. The summed E-state index contributed by atoms with van der Waals surface area (Å²) in [5.41, 5.74) is 2.61. The summed E-state index contributed by atoms with van der Waals surface area (Å²) >= 11 is 0. The zero-order chi connectivity index (χ0) is 25.5. The number of nitrogens with one attached hydrogen (secondary N) is 1. The SMILES string of the molecule is C=C(C)c1nc(C(F)(F)F)ccc1Cn1cc(CCc2nc(C)c3c(n2)N(C)[C@@H](C)C(=O)N3)cn1. The minimum Gasteiger partial charge on any atom is -0.346 e. The molecule has 35 heavy (non-hydrogen) atoms. The molecule has 4 rings (SSSR count). The van der Waals surface area contributed by atoms with Crippen LogP contribution in [0.2, 0.25) is 0 Å². The van der Waals surface area contributed by atoms with E-state index in [-0.39, 0.29) is 24.2 Å². The van der Waals surface area contributed by atoms with E-state index in [1.165, 1.54) is 6.07 Å². The summed E-state index contributed by atoms with van der Waals surface area (Å²) in [5, 5.41) is 7.22. The summed E-state index contributed by atoms with van der Waals surface area (Å²) in [6, 6.07) is 2.07. The van der Waals surface area contributed by atoms with Crippen molar-refractivity contribution in [1.82, 2.24) is 24.7 Å². The number of halogens is 3. The molecule has 184 valence electrons. The zero-order valence-electron chi connectivity index (χ0n) is 19.9. The van der Waals surface area contributed by atoms with Crippen molar-refractivity contribution in [2.75, 3.05) is 17.3 Å². The van der Waals surface area contributed by atoms with E-state index < -0.39 is 11.9 Å². The van der Waals surface area contributed by atoms with Crippen molar-refractivity contribution >= 4 is 23.0 Å². The molecule has 1 N–H and O–H groups in total. The maximum absolute atomic E-state index is 13.1. The van der Waals surface area contributed by atoms with E-state index in [1.54, 1.807) is 17.8 Å². The molecule has 4 heterocycles. The number of nitrogens with zero attached hydrogens (tertiary/aromatic N) is 6. The second-order valence-corrected chi connectivity index (χ2v) is 8.73. The quantitative estimate of drug-likeness (QED) is 0.567. The smallest absolute Gasteiger partial charge is 0.346 e. The molecule has 1 aliphatic heterocycles. The van der Waals surface area contributed by atoms with Gasteiger partial charge in [-0.25, -0.2) is 15.0 Å². The van der Waals surface area contributed by atoms with Gasteiger partial charge in [0.15, 0.2) is 5.82 Å². The van der Waals surface area contributed by atoms with Crippen molar-refractivity contribution < 1.29 is 18.0 Å². The molecule has 1 amide bonds. The molecular formula is C24H26F3N7O. The molecule has 0 spiro atoms. The Hall–Kier alpha value is -3.76.